The van der Waals surface area contributed by atoms with E-state index >= 15 is 0 Å². The Hall–Kier alpha value is -1.69. The zero-order valence-corrected chi connectivity index (χ0v) is 13.1. The van der Waals surface area contributed by atoms with Gasteiger partial charge in [0.2, 0.25) is 0 Å². The van der Waals surface area contributed by atoms with Crippen LogP contribution in [0.4, 0.5) is 0 Å². The SMILES string of the molecule is Cc1nc(CN(C)Cc2oc3ccccc3c2CN)cs1. The lowest BCUT2D eigenvalue weighted by Gasteiger charge is -2.14. The first-order valence-corrected chi connectivity index (χ1v) is 7.84. The maximum Gasteiger partial charge on any atom is 0.134 e. The largest absolute Gasteiger partial charge is 0.459 e. The molecule has 0 unspecified atom stereocenters. The zero-order chi connectivity index (χ0) is 14.8. The second-order valence-electron chi connectivity index (χ2n) is 5.23. The number of thiazole rings is 1. The first-order chi connectivity index (χ1) is 10.2. The van der Waals surface area contributed by atoms with E-state index in [2.05, 4.69) is 28.4 Å². The molecule has 0 aliphatic rings. The van der Waals surface area contributed by atoms with E-state index in [1.807, 2.05) is 25.1 Å². The molecule has 0 aliphatic heterocycles. The van der Waals surface area contributed by atoms with E-state index < -0.39 is 0 Å². The maximum atomic E-state index is 5.96. The number of aromatic nitrogens is 1. The second-order valence-corrected chi connectivity index (χ2v) is 6.30. The van der Waals surface area contributed by atoms with Crippen molar-refractivity contribution in [2.75, 3.05) is 7.05 Å². The van der Waals surface area contributed by atoms with Crippen LogP contribution in [0.1, 0.15) is 22.0 Å². The highest BCUT2D eigenvalue weighted by molar-refractivity contribution is 7.09. The summed E-state index contributed by atoms with van der Waals surface area (Å²) in [5.74, 6) is 0.952. The number of para-hydroxylation sites is 1. The zero-order valence-electron chi connectivity index (χ0n) is 12.3. The summed E-state index contributed by atoms with van der Waals surface area (Å²) in [6.45, 7) is 4.07. The van der Waals surface area contributed by atoms with Gasteiger partial charge in [-0.15, -0.1) is 11.3 Å². The molecule has 0 bridgehead atoms. The smallest absolute Gasteiger partial charge is 0.134 e. The number of rotatable bonds is 5. The molecule has 0 aliphatic carbocycles. The van der Waals surface area contributed by atoms with Crippen LogP contribution in [0.5, 0.6) is 0 Å². The molecule has 4 nitrogen and oxygen atoms in total. The van der Waals surface area contributed by atoms with Crippen LogP contribution in [0, 0.1) is 6.92 Å². The molecule has 1 aromatic carbocycles. The van der Waals surface area contributed by atoms with Crippen LogP contribution in [0.2, 0.25) is 0 Å². The molecular weight excluding hydrogens is 282 g/mol. The number of nitrogens with zero attached hydrogens (tertiary/aromatic N) is 2. The van der Waals surface area contributed by atoms with Crippen molar-refractivity contribution in [3.05, 3.63) is 51.7 Å². The molecule has 0 fully saturated rings. The second kappa shape index (κ2) is 5.97. The van der Waals surface area contributed by atoms with Gasteiger partial charge in [-0.1, -0.05) is 18.2 Å². The fourth-order valence-corrected chi connectivity index (χ4v) is 3.16. The van der Waals surface area contributed by atoms with Crippen LogP contribution in [0.3, 0.4) is 0 Å². The van der Waals surface area contributed by atoms with Gasteiger partial charge in [0.05, 0.1) is 17.2 Å². The number of furan rings is 1. The van der Waals surface area contributed by atoms with E-state index in [0.29, 0.717) is 6.54 Å². The average molecular weight is 301 g/mol. The Bertz CT molecular complexity index is 747. The number of fused-ring (bicyclic) bond motifs is 1. The Balaban J connectivity index is 1.80. The number of hydrogen-bond acceptors (Lipinski definition) is 5. The fourth-order valence-electron chi connectivity index (χ4n) is 2.56. The lowest BCUT2D eigenvalue weighted by molar-refractivity contribution is 0.287. The van der Waals surface area contributed by atoms with Crippen LogP contribution in [0.15, 0.2) is 34.1 Å². The first kappa shape index (κ1) is 14.3. The van der Waals surface area contributed by atoms with E-state index in [9.17, 15) is 0 Å². The summed E-state index contributed by atoms with van der Waals surface area (Å²) in [6.07, 6.45) is 0. The van der Waals surface area contributed by atoms with Gasteiger partial charge >= 0.3 is 0 Å². The highest BCUT2D eigenvalue weighted by Crippen LogP contribution is 2.26. The van der Waals surface area contributed by atoms with Gasteiger partial charge in [-0.3, -0.25) is 4.90 Å². The average Bonchev–Trinajstić information content (AvgIpc) is 3.01. The third-order valence-electron chi connectivity index (χ3n) is 3.50. The molecule has 5 heteroatoms. The number of hydrogen-bond donors (Lipinski definition) is 1. The summed E-state index contributed by atoms with van der Waals surface area (Å²) in [4.78, 5) is 6.70. The molecule has 0 atom stereocenters. The Labute approximate surface area is 128 Å². The summed E-state index contributed by atoms with van der Waals surface area (Å²) in [7, 11) is 2.07. The van der Waals surface area contributed by atoms with Crippen molar-refractivity contribution < 1.29 is 4.42 Å². The summed E-state index contributed by atoms with van der Waals surface area (Å²) >= 11 is 1.68. The summed E-state index contributed by atoms with van der Waals surface area (Å²) in [5, 5.41) is 4.33. The van der Waals surface area contributed by atoms with Gasteiger partial charge in [0.1, 0.15) is 11.3 Å². The molecule has 3 aromatic rings. The summed E-state index contributed by atoms with van der Waals surface area (Å²) < 4.78 is 5.96. The van der Waals surface area contributed by atoms with E-state index in [1.165, 1.54) is 0 Å². The van der Waals surface area contributed by atoms with Crippen LogP contribution >= 0.6 is 11.3 Å². The third kappa shape index (κ3) is 3.00. The minimum absolute atomic E-state index is 0.496. The molecule has 0 saturated carbocycles. The first-order valence-electron chi connectivity index (χ1n) is 6.96. The minimum atomic E-state index is 0.496. The highest BCUT2D eigenvalue weighted by Gasteiger charge is 2.14. The van der Waals surface area contributed by atoms with Crippen molar-refractivity contribution in [1.82, 2.24) is 9.88 Å². The number of benzene rings is 1. The Morgan fingerprint density at radius 2 is 2.10 bits per heavy atom. The lowest BCUT2D eigenvalue weighted by Crippen LogP contribution is -2.18. The van der Waals surface area contributed by atoms with E-state index in [4.69, 9.17) is 10.2 Å². The van der Waals surface area contributed by atoms with Crippen LogP contribution < -0.4 is 5.73 Å². The molecule has 2 aromatic heterocycles. The molecule has 0 saturated heterocycles. The van der Waals surface area contributed by atoms with Gasteiger partial charge in [0.15, 0.2) is 0 Å². The van der Waals surface area contributed by atoms with Crippen LogP contribution in [-0.2, 0) is 19.6 Å². The van der Waals surface area contributed by atoms with Crippen LogP contribution in [0.25, 0.3) is 11.0 Å². The van der Waals surface area contributed by atoms with Gasteiger partial charge < -0.3 is 10.2 Å². The van der Waals surface area contributed by atoms with Crippen molar-refractivity contribution in [3.8, 4) is 0 Å². The number of aryl methyl sites for hydroxylation is 1. The van der Waals surface area contributed by atoms with E-state index in [0.717, 1.165) is 46.1 Å². The van der Waals surface area contributed by atoms with Gasteiger partial charge in [0.25, 0.3) is 0 Å². The third-order valence-corrected chi connectivity index (χ3v) is 4.32. The monoisotopic (exact) mass is 301 g/mol. The normalized spacial score (nSPS) is 11.6. The van der Waals surface area contributed by atoms with Gasteiger partial charge in [0, 0.05) is 29.4 Å². The summed E-state index contributed by atoms with van der Waals surface area (Å²) in [6, 6.07) is 8.05. The topological polar surface area (TPSA) is 55.3 Å². The highest BCUT2D eigenvalue weighted by atomic mass is 32.1. The Morgan fingerprint density at radius 1 is 1.29 bits per heavy atom. The quantitative estimate of drug-likeness (QED) is 0.785. The van der Waals surface area contributed by atoms with Crippen LogP contribution in [-0.4, -0.2) is 16.9 Å². The molecule has 2 N–H and O–H groups in total. The van der Waals surface area contributed by atoms with Gasteiger partial charge in [-0.2, -0.15) is 0 Å². The molecular formula is C16H19N3OS. The van der Waals surface area contributed by atoms with Crippen molar-refractivity contribution in [1.29, 1.82) is 0 Å². The van der Waals surface area contributed by atoms with Gasteiger partial charge in [-0.25, -0.2) is 4.98 Å². The van der Waals surface area contributed by atoms with Crippen molar-refractivity contribution in [2.24, 2.45) is 5.73 Å². The number of nitrogens with two attached hydrogens (primary N) is 1. The van der Waals surface area contributed by atoms with Crippen molar-refractivity contribution >= 4 is 22.3 Å². The standard InChI is InChI=1S/C16H19N3OS/c1-11-18-12(10-21-11)8-19(2)9-16-14(7-17)13-5-3-4-6-15(13)20-16/h3-6,10H,7-9,17H2,1-2H3. The fraction of sp³-hybridized carbons (Fsp3) is 0.312. The van der Waals surface area contributed by atoms with E-state index in [-0.39, 0.29) is 0 Å². The lowest BCUT2D eigenvalue weighted by atomic mass is 10.1. The molecule has 0 spiro atoms. The predicted molar refractivity (Wildman–Crippen MR) is 86.1 cm³/mol. The van der Waals surface area contributed by atoms with E-state index in [1.54, 1.807) is 11.3 Å². The Morgan fingerprint density at radius 3 is 2.81 bits per heavy atom. The van der Waals surface area contributed by atoms with Gasteiger partial charge in [-0.05, 0) is 20.0 Å². The predicted octanol–water partition coefficient (Wildman–Crippen LogP) is 3.29. The molecule has 2 heterocycles. The minimum Gasteiger partial charge on any atom is -0.459 e. The molecule has 0 radical (unpaired) electrons. The van der Waals surface area contributed by atoms with Crippen molar-refractivity contribution in [3.63, 3.8) is 0 Å². The molecule has 3 rings (SSSR count). The molecule has 0 amide bonds. The Kier molecular flexibility index (Phi) is 4.05. The van der Waals surface area contributed by atoms with Crippen molar-refractivity contribution in [2.45, 2.75) is 26.6 Å². The molecule has 110 valence electrons. The summed E-state index contributed by atoms with van der Waals surface area (Å²) in [5.41, 5.74) is 9.02. The molecule has 21 heavy (non-hydrogen) atoms. The maximum absolute atomic E-state index is 5.96.